The van der Waals surface area contributed by atoms with Crippen molar-refractivity contribution in [3.05, 3.63) is 50.6 Å². The van der Waals surface area contributed by atoms with Gasteiger partial charge in [-0.1, -0.05) is 23.2 Å². The van der Waals surface area contributed by atoms with Crippen LogP contribution in [0.15, 0.2) is 35.0 Å². The molecule has 2 rings (SSSR count). The number of hydrogen-bond donors (Lipinski definition) is 1. The molecular formula is C15H13Cl2NO3S. The lowest BCUT2D eigenvalue weighted by molar-refractivity contribution is -0.152. The zero-order valence-corrected chi connectivity index (χ0v) is 14.0. The normalized spacial score (nSPS) is 11.8. The van der Waals surface area contributed by atoms with Crippen LogP contribution in [0.5, 0.6) is 0 Å². The highest BCUT2D eigenvalue weighted by Crippen LogP contribution is 2.22. The third-order valence-electron chi connectivity index (χ3n) is 2.74. The van der Waals surface area contributed by atoms with Crippen LogP contribution in [0.3, 0.4) is 0 Å². The molecule has 0 fully saturated rings. The molecule has 22 heavy (non-hydrogen) atoms. The van der Waals surface area contributed by atoms with Crippen molar-refractivity contribution >= 4 is 52.1 Å². The molecule has 1 aromatic heterocycles. The first-order chi connectivity index (χ1) is 10.4. The van der Waals surface area contributed by atoms with Gasteiger partial charge in [0.05, 0.1) is 6.42 Å². The topological polar surface area (TPSA) is 55.4 Å². The Morgan fingerprint density at radius 2 is 1.95 bits per heavy atom. The minimum Gasteiger partial charge on any atom is -0.452 e. The van der Waals surface area contributed by atoms with Crippen LogP contribution in [0.2, 0.25) is 10.0 Å². The fraction of sp³-hybridized carbons (Fsp3) is 0.200. The first-order valence-electron chi connectivity index (χ1n) is 6.41. The largest absolute Gasteiger partial charge is 0.452 e. The van der Waals surface area contributed by atoms with E-state index in [1.807, 2.05) is 16.8 Å². The maximum Gasteiger partial charge on any atom is 0.311 e. The number of rotatable bonds is 5. The average Bonchev–Trinajstić information content (AvgIpc) is 2.89. The molecule has 0 bridgehead atoms. The molecule has 1 N–H and O–H groups in total. The number of hydrogen-bond acceptors (Lipinski definition) is 4. The number of carbonyl (C=O) groups is 2. The molecule has 1 atom stereocenters. The van der Waals surface area contributed by atoms with E-state index in [2.05, 4.69) is 5.32 Å². The van der Waals surface area contributed by atoms with E-state index in [1.165, 1.54) is 18.3 Å². The van der Waals surface area contributed by atoms with Crippen LogP contribution in [0, 0.1) is 0 Å². The summed E-state index contributed by atoms with van der Waals surface area (Å²) in [6.07, 6.45) is -0.770. The fourth-order valence-electron chi connectivity index (χ4n) is 1.72. The SMILES string of the molecule is C[C@@H](OC(=O)Cc1ccsc1)C(=O)Nc1cc(Cl)cc(Cl)c1. The summed E-state index contributed by atoms with van der Waals surface area (Å²) < 4.78 is 5.11. The molecule has 1 aromatic carbocycles. The molecule has 0 radical (unpaired) electrons. The number of ether oxygens (including phenoxy) is 1. The first-order valence-corrected chi connectivity index (χ1v) is 8.11. The maximum absolute atomic E-state index is 12.0. The fourth-order valence-corrected chi connectivity index (χ4v) is 2.92. The lowest BCUT2D eigenvalue weighted by Crippen LogP contribution is -2.30. The minimum atomic E-state index is -0.913. The number of carbonyl (C=O) groups excluding carboxylic acids is 2. The summed E-state index contributed by atoms with van der Waals surface area (Å²) in [4.78, 5) is 23.7. The number of thiophene rings is 1. The summed E-state index contributed by atoms with van der Waals surface area (Å²) in [5, 5.41) is 7.16. The van der Waals surface area contributed by atoms with Gasteiger partial charge >= 0.3 is 5.97 Å². The van der Waals surface area contributed by atoms with Gasteiger partial charge in [0.2, 0.25) is 0 Å². The Balaban J connectivity index is 1.90. The third kappa shape index (κ3) is 5.02. The first kappa shape index (κ1) is 16.8. The van der Waals surface area contributed by atoms with Gasteiger partial charge in [0.1, 0.15) is 0 Å². The van der Waals surface area contributed by atoms with E-state index in [4.69, 9.17) is 27.9 Å². The van der Waals surface area contributed by atoms with Gasteiger partial charge in [0.25, 0.3) is 5.91 Å². The highest BCUT2D eigenvalue weighted by molar-refractivity contribution is 7.08. The number of amides is 1. The average molecular weight is 358 g/mol. The van der Waals surface area contributed by atoms with Crippen molar-refractivity contribution in [1.29, 1.82) is 0 Å². The second kappa shape index (κ2) is 7.63. The van der Waals surface area contributed by atoms with Gasteiger partial charge in [-0.15, -0.1) is 0 Å². The summed E-state index contributed by atoms with van der Waals surface area (Å²) in [6.45, 7) is 1.51. The Hall–Kier alpha value is -1.56. The highest BCUT2D eigenvalue weighted by Gasteiger charge is 2.18. The molecule has 0 aliphatic heterocycles. The standard InChI is InChI=1S/C15H13Cl2NO3S/c1-9(21-14(19)4-10-2-3-22-8-10)15(20)18-13-6-11(16)5-12(17)7-13/h2-3,5-9H,4H2,1H3,(H,18,20)/t9-/m1/s1. The minimum absolute atomic E-state index is 0.143. The van der Waals surface area contributed by atoms with Gasteiger partial charge in [0.15, 0.2) is 6.10 Å². The Kier molecular flexibility index (Phi) is 5.83. The lowest BCUT2D eigenvalue weighted by Gasteiger charge is -2.13. The van der Waals surface area contributed by atoms with E-state index >= 15 is 0 Å². The Bertz CT molecular complexity index is 653. The van der Waals surface area contributed by atoms with Crippen molar-refractivity contribution in [1.82, 2.24) is 0 Å². The molecule has 1 heterocycles. The van der Waals surface area contributed by atoms with Gasteiger partial charge in [-0.05, 0) is 47.5 Å². The van der Waals surface area contributed by atoms with Crippen molar-refractivity contribution in [2.24, 2.45) is 0 Å². The molecule has 0 aliphatic rings. The Morgan fingerprint density at radius 1 is 1.27 bits per heavy atom. The van der Waals surface area contributed by atoms with Gasteiger partial charge in [-0.25, -0.2) is 0 Å². The van der Waals surface area contributed by atoms with Crippen LogP contribution < -0.4 is 5.32 Å². The molecule has 1 amide bonds. The number of benzene rings is 1. The highest BCUT2D eigenvalue weighted by atomic mass is 35.5. The Labute approximate surface area is 142 Å². The van der Waals surface area contributed by atoms with Crippen LogP contribution in [-0.2, 0) is 20.7 Å². The van der Waals surface area contributed by atoms with Crippen LogP contribution >= 0.6 is 34.5 Å². The third-order valence-corrected chi connectivity index (χ3v) is 3.90. The zero-order chi connectivity index (χ0) is 16.1. The van der Waals surface area contributed by atoms with Crippen LogP contribution in [0.4, 0.5) is 5.69 Å². The van der Waals surface area contributed by atoms with E-state index < -0.39 is 18.0 Å². The predicted molar refractivity (Wildman–Crippen MR) is 88.7 cm³/mol. The quantitative estimate of drug-likeness (QED) is 0.817. The van der Waals surface area contributed by atoms with E-state index in [-0.39, 0.29) is 6.42 Å². The molecule has 4 nitrogen and oxygen atoms in total. The molecule has 0 spiro atoms. The van der Waals surface area contributed by atoms with Crippen molar-refractivity contribution in [2.45, 2.75) is 19.4 Å². The van der Waals surface area contributed by atoms with Crippen molar-refractivity contribution < 1.29 is 14.3 Å². The van der Waals surface area contributed by atoms with Gasteiger partial charge in [-0.2, -0.15) is 11.3 Å². The monoisotopic (exact) mass is 357 g/mol. The molecule has 0 saturated carbocycles. The smallest absolute Gasteiger partial charge is 0.311 e. The second-order valence-electron chi connectivity index (χ2n) is 4.59. The van der Waals surface area contributed by atoms with Crippen LogP contribution in [0.1, 0.15) is 12.5 Å². The summed E-state index contributed by atoms with van der Waals surface area (Å²) in [7, 11) is 0. The van der Waals surface area contributed by atoms with Gasteiger partial charge in [0, 0.05) is 15.7 Å². The summed E-state index contributed by atoms with van der Waals surface area (Å²) in [5.74, 6) is -0.901. The molecule has 0 aliphatic carbocycles. The van der Waals surface area contributed by atoms with E-state index in [9.17, 15) is 9.59 Å². The summed E-state index contributed by atoms with van der Waals surface area (Å²) in [5.41, 5.74) is 1.31. The van der Waals surface area contributed by atoms with Gasteiger partial charge in [-0.3, -0.25) is 9.59 Å². The molecule has 0 unspecified atom stereocenters. The molecule has 2 aromatic rings. The van der Waals surface area contributed by atoms with Gasteiger partial charge < -0.3 is 10.1 Å². The summed E-state index contributed by atoms with van der Waals surface area (Å²) in [6, 6.07) is 6.52. The Morgan fingerprint density at radius 3 is 2.55 bits per heavy atom. The number of nitrogens with one attached hydrogen (secondary N) is 1. The zero-order valence-electron chi connectivity index (χ0n) is 11.6. The number of esters is 1. The van der Waals surface area contributed by atoms with Crippen molar-refractivity contribution in [2.75, 3.05) is 5.32 Å². The van der Waals surface area contributed by atoms with E-state index in [1.54, 1.807) is 18.2 Å². The molecule has 116 valence electrons. The van der Waals surface area contributed by atoms with Crippen molar-refractivity contribution in [3.8, 4) is 0 Å². The van der Waals surface area contributed by atoms with E-state index in [0.717, 1.165) is 5.56 Å². The lowest BCUT2D eigenvalue weighted by atomic mass is 10.2. The molecular weight excluding hydrogens is 345 g/mol. The van der Waals surface area contributed by atoms with Crippen molar-refractivity contribution in [3.63, 3.8) is 0 Å². The number of halogens is 2. The number of anilines is 1. The predicted octanol–water partition coefficient (Wildman–Crippen LogP) is 4.17. The maximum atomic E-state index is 12.0. The van der Waals surface area contributed by atoms with E-state index in [0.29, 0.717) is 15.7 Å². The molecule has 0 saturated heterocycles. The second-order valence-corrected chi connectivity index (χ2v) is 6.24. The van der Waals surface area contributed by atoms with Crippen LogP contribution in [0.25, 0.3) is 0 Å². The summed E-state index contributed by atoms with van der Waals surface area (Å²) >= 11 is 13.2. The van der Waals surface area contributed by atoms with Crippen LogP contribution in [-0.4, -0.2) is 18.0 Å². The molecule has 7 heteroatoms.